The van der Waals surface area contributed by atoms with Crippen molar-refractivity contribution in [3.8, 4) is 5.75 Å². The zero-order valence-electron chi connectivity index (χ0n) is 14.0. The number of rotatable bonds is 6. The molecular weight excluding hydrogens is 406 g/mol. The summed E-state index contributed by atoms with van der Waals surface area (Å²) in [5.41, 5.74) is 3.30. The van der Waals surface area contributed by atoms with Crippen molar-refractivity contribution in [3.05, 3.63) is 63.8 Å². The standard InChI is InChI=1S/C19H17BrF2N2O2/c1-11-14(15-8-13(20)6-7-16(15)24-11)9-18(25)23-10-12-4-2-3-5-17(12)26-19(21)22/h2-8,19,24H,9-10H2,1H3,(H,23,25). The zero-order chi connectivity index (χ0) is 18.7. The number of fused-ring (bicyclic) bond motifs is 1. The molecule has 136 valence electrons. The van der Waals surface area contributed by atoms with Gasteiger partial charge in [0.15, 0.2) is 0 Å². The van der Waals surface area contributed by atoms with E-state index in [0.29, 0.717) is 5.56 Å². The number of hydrogen-bond acceptors (Lipinski definition) is 2. The largest absolute Gasteiger partial charge is 0.434 e. The molecule has 0 atom stereocenters. The second-order valence-corrected chi connectivity index (χ2v) is 6.77. The van der Waals surface area contributed by atoms with Crippen molar-refractivity contribution in [1.29, 1.82) is 0 Å². The SMILES string of the molecule is Cc1[nH]c2ccc(Br)cc2c1CC(=O)NCc1ccccc1OC(F)F. The maximum atomic E-state index is 12.5. The minimum absolute atomic E-state index is 0.0648. The number of para-hydroxylation sites is 1. The average molecular weight is 423 g/mol. The third-order valence-corrected chi connectivity index (χ3v) is 4.58. The summed E-state index contributed by atoms with van der Waals surface area (Å²) >= 11 is 3.44. The molecule has 3 aromatic rings. The molecule has 4 nitrogen and oxygen atoms in total. The van der Waals surface area contributed by atoms with Gasteiger partial charge in [-0.2, -0.15) is 8.78 Å². The number of aromatic nitrogens is 1. The maximum absolute atomic E-state index is 12.5. The van der Waals surface area contributed by atoms with Crippen molar-refractivity contribution in [2.45, 2.75) is 26.5 Å². The molecule has 2 N–H and O–H groups in total. The van der Waals surface area contributed by atoms with Crippen LogP contribution in [0, 0.1) is 6.92 Å². The Morgan fingerprint density at radius 1 is 1.27 bits per heavy atom. The summed E-state index contributed by atoms with van der Waals surface area (Å²) in [6, 6.07) is 12.3. The van der Waals surface area contributed by atoms with E-state index in [1.54, 1.807) is 18.2 Å². The highest BCUT2D eigenvalue weighted by molar-refractivity contribution is 9.10. The topological polar surface area (TPSA) is 54.1 Å². The summed E-state index contributed by atoms with van der Waals surface area (Å²) in [7, 11) is 0. The van der Waals surface area contributed by atoms with Crippen LogP contribution in [0.5, 0.6) is 5.75 Å². The van der Waals surface area contributed by atoms with Gasteiger partial charge in [-0.15, -0.1) is 0 Å². The van der Waals surface area contributed by atoms with E-state index < -0.39 is 6.61 Å². The Bertz CT molecular complexity index is 940. The summed E-state index contributed by atoms with van der Waals surface area (Å²) < 4.78 is 30.3. The van der Waals surface area contributed by atoms with Gasteiger partial charge >= 0.3 is 6.61 Å². The third kappa shape index (κ3) is 4.22. The fraction of sp³-hybridized carbons (Fsp3) is 0.211. The summed E-state index contributed by atoms with van der Waals surface area (Å²) in [6.07, 6.45) is 0.195. The number of nitrogens with one attached hydrogen (secondary N) is 2. The first-order valence-electron chi connectivity index (χ1n) is 8.00. The number of aryl methyl sites for hydroxylation is 1. The van der Waals surface area contributed by atoms with Gasteiger partial charge in [0.05, 0.1) is 6.42 Å². The first-order valence-corrected chi connectivity index (χ1v) is 8.79. The van der Waals surface area contributed by atoms with Gasteiger partial charge in [-0.05, 0) is 36.8 Å². The van der Waals surface area contributed by atoms with E-state index in [9.17, 15) is 13.6 Å². The van der Waals surface area contributed by atoms with Gasteiger partial charge in [0.1, 0.15) is 5.75 Å². The Hall–Kier alpha value is -2.41. The van der Waals surface area contributed by atoms with E-state index in [2.05, 4.69) is 31.0 Å². The van der Waals surface area contributed by atoms with Crippen molar-refractivity contribution in [2.75, 3.05) is 0 Å². The van der Waals surface area contributed by atoms with Crippen molar-refractivity contribution >= 4 is 32.7 Å². The molecule has 1 amide bonds. The Balaban J connectivity index is 1.71. The van der Waals surface area contributed by atoms with Crippen LogP contribution in [0.25, 0.3) is 10.9 Å². The second-order valence-electron chi connectivity index (χ2n) is 5.86. The highest BCUT2D eigenvalue weighted by atomic mass is 79.9. The third-order valence-electron chi connectivity index (χ3n) is 4.08. The van der Waals surface area contributed by atoms with E-state index in [0.717, 1.165) is 26.6 Å². The van der Waals surface area contributed by atoms with E-state index in [1.165, 1.54) is 6.07 Å². The van der Waals surface area contributed by atoms with E-state index >= 15 is 0 Å². The van der Waals surface area contributed by atoms with Crippen LogP contribution in [-0.4, -0.2) is 17.5 Å². The van der Waals surface area contributed by atoms with Crippen LogP contribution in [0.3, 0.4) is 0 Å². The number of carbonyl (C=O) groups is 1. The number of carbonyl (C=O) groups excluding carboxylic acids is 1. The normalized spacial score (nSPS) is 11.1. The van der Waals surface area contributed by atoms with Gasteiger partial charge < -0.3 is 15.0 Å². The van der Waals surface area contributed by atoms with Crippen LogP contribution in [0.1, 0.15) is 16.8 Å². The molecule has 2 aromatic carbocycles. The smallest absolute Gasteiger partial charge is 0.387 e. The molecule has 0 saturated carbocycles. The highest BCUT2D eigenvalue weighted by Crippen LogP contribution is 2.26. The summed E-state index contributed by atoms with van der Waals surface area (Å²) in [5.74, 6) is -0.129. The van der Waals surface area contributed by atoms with Crippen molar-refractivity contribution in [2.24, 2.45) is 0 Å². The molecule has 1 heterocycles. The number of alkyl halides is 2. The molecule has 0 unspecified atom stereocenters. The predicted octanol–water partition coefficient (Wildman–Crippen LogP) is 4.70. The van der Waals surface area contributed by atoms with Gasteiger partial charge in [0.25, 0.3) is 0 Å². The molecular formula is C19H17BrF2N2O2. The van der Waals surface area contributed by atoms with Crippen LogP contribution < -0.4 is 10.1 Å². The molecule has 0 aliphatic heterocycles. The van der Waals surface area contributed by atoms with Gasteiger partial charge in [-0.25, -0.2) is 0 Å². The summed E-state index contributed by atoms with van der Waals surface area (Å²) in [4.78, 5) is 15.6. The lowest BCUT2D eigenvalue weighted by atomic mass is 10.1. The minimum Gasteiger partial charge on any atom is -0.434 e. The Morgan fingerprint density at radius 3 is 2.81 bits per heavy atom. The first-order chi connectivity index (χ1) is 12.4. The molecule has 0 radical (unpaired) electrons. The number of amides is 1. The maximum Gasteiger partial charge on any atom is 0.387 e. The average Bonchev–Trinajstić information content (AvgIpc) is 2.89. The number of aromatic amines is 1. The number of hydrogen-bond donors (Lipinski definition) is 2. The molecule has 1 aromatic heterocycles. The van der Waals surface area contributed by atoms with E-state index in [-0.39, 0.29) is 24.6 Å². The Labute approximate surface area is 157 Å². The number of ether oxygens (including phenoxy) is 1. The van der Waals surface area contributed by atoms with Crippen LogP contribution in [0.2, 0.25) is 0 Å². The highest BCUT2D eigenvalue weighted by Gasteiger charge is 2.14. The molecule has 3 rings (SSSR count). The summed E-state index contributed by atoms with van der Waals surface area (Å²) in [5, 5.41) is 3.75. The number of benzene rings is 2. The lowest BCUT2D eigenvalue weighted by Gasteiger charge is -2.11. The van der Waals surface area contributed by atoms with Crippen molar-refractivity contribution in [1.82, 2.24) is 10.3 Å². The van der Waals surface area contributed by atoms with E-state index in [1.807, 2.05) is 25.1 Å². The fourth-order valence-electron chi connectivity index (χ4n) is 2.86. The molecule has 26 heavy (non-hydrogen) atoms. The van der Waals surface area contributed by atoms with Gasteiger partial charge in [-0.1, -0.05) is 34.1 Å². The van der Waals surface area contributed by atoms with E-state index in [4.69, 9.17) is 0 Å². The van der Waals surface area contributed by atoms with Crippen LogP contribution in [-0.2, 0) is 17.8 Å². The van der Waals surface area contributed by atoms with Crippen LogP contribution >= 0.6 is 15.9 Å². The van der Waals surface area contributed by atoms with Gasteiger partial charge in [0.2, 0.25) is 5.91 Å². The quantitative estimate of drug-likeness (QED) is 0.604. The van der Waals surface area contributed by atoms with Gasteiger partial charge in [-0.3, -0.25) is 4.79 Å². The lowest BCUT2D eigenvalue weighted by molar-refractivity contribution is -0.120. The lowest BCUT2D eigenvalue weighted by Crippen LogP contribution is -2.25. The molecule has 0 bridgehead atoms. The molecule has 0 aliphatic rings. The molecule has 0 spiro atoms. The molecule has 7 heteroatoms. The monoisotopic (exact) mass is 422 g/mol. The first kappa shape index (κ1) is 18.4. The predicted molar refractivity (Wildman–Crippen MR) is 99.4 cm³/mol. The van der Waals surface area contributed by atoms with Crippen LogP contribution in [0.4, 0.5) is 8.78 Å². The molecule has 0 fully saturated rings. The fourth-order valence-corrected chi connectivity index (χ4v) is 3.22. The van der Waals surface area contributed by atoms with Crippen LogP contribution in [0.15, 0.2) is 46.9 Å². The summed E-state index contributed by atoms with van der Waals surface area (Å²) in [6.45, 7) is -0.867. The van der Waals surface area contributed by atoms with Crippen molar-refractivity contribution < 1.29 is 18.3 Å². The number of H-pyrrole nitrogens is 1. The Morgan fingerprint density at radius 2 is 2.04 bits per heavy atom. The number of halogens is 3. The van der Waals surface area contributed by atoms with Gasteiger partial charge in [0, 0.05) is 33.2 Å². The zero-order valence-corrected chi connectivity index (χ0v) is 15.6. The minimum atomic E-state index is -2.90. The second kappa shape index (κ2) is 7.86. The Kier molecular flexibility index (Phi) is 5.56. The molecule has 0 saturated heterocycles. The molecule has 0 aliphatic carbocycles. The van der Waals surface area contributed by atoms with Crippen molar-refractivity contribution in [3.63, 3.8) is 0 Å².